The Morgan fingerprint density at radius 3 is 2.45 bits per heavy atom. The van der Waals surface area contributed by atoms with Crippen LogP contribution >= 0.6 is 11.6 Å². The zero-order chi connectivity index (χ0) is 22.8. The van der Waals surface area contributed by atoms with Gasteiger partial charge in [0, 0.05) is 30.8 Å². The third-order valence-electron chi connectivity index (χ3n) is 5.30. The number of halogens is 1. The molecule has 0 bridgehead atoms. The molecule has 0 aliphatic carbocycles. The van der Waals surface area contributed by atoms with Gasteiger partial charge in [0.15, 0.2) is 11.5 Å². The van der Waals surface area contributed by atoms with Gasteiger partial charge in [-0.15, -0.1) is 0 Å². The number of nitrogens with zero attached hydrogens (tertiary/aromatic N) is 1. The Balaban J connectivity index is 1.96. The Morgan fingerprint density at radius 1 is 1.10 bits per heavy atom. The topological polar surface area (TPSA) is 84.9 Å². The Bertz CT molecular complexity index is 1100. The largest absolute Gasteiger partial charge is 0.489 e. The van der Waals surface area contributed by atoms with Gasteiger partial charge in [-0.05, 0) is 49.2 Å². The third-order valence-corrected chi connectivity index (χ3v) is 7.61. The van der Waals surface area contributed by atoms with Crippen molar-refractivity contribution in [3.05, 3.63) is 46.0 Å². The summed E-state index contributed by atoms with van der Waals surface area (Å²) in [5, 5.41) is 3.11. The molecule has 3 rings (SSSR count). The number of benzene rings is 2. The highest BCUT2D eigenvalue weighted by Gasteiger charge is 2.24. The van der Waals surface area contributed by atoms with Gasteiger partial charge in [0.2, 0.25) is 10.0 Å². The first-order valence-electron chi connectivity index (χ1n) is 10.2. The van der Waals surface area contributed by atoms with Crippen LogP contribution in [-0.2, 0) is 10.0 Å². The second-order valence-corrected chi connectivity index (χ2v) is 9.64. The number of fused-ring (bicyclic) bond motifs is 1. The molecule has 0 atom stereocenters. The van der Waals surface area contributed by atoms with E-state index in [0.29, 0.717) is 49.1 Å². The van der Waals surface area contributed by atoms with E-state index in [1.54, 1.807) is 26.0 Å². The molecule has 0 radical (unpaired) electrons. The highest BCUT2D eigenvalue weighted by Crippen LogP contribution is 2.38. The van der Waals surface area contributed by atoms with Crippen molar-refractivity contribution in [2.75, 3.05) is 31.6 Å². The first-order chi connectivity index (χ1) is 14.7. The fraction of sp³-hybridized carbons (Fsp3) is 0.409. The van der Waals surface area contributed by atoms with Crippen molar-refractivity contribution in [1.29, 1.82) is 0 Å². The van der Waals surface area contributed by atoms with Crippen molar-refractivity contribution < 1.29 is 22.7 Å². The van der Waals surface area contributed by atoms with E-state index < -0.39 is 15.9 Å². The van der Waals surface area contributed by atoms with E-state index in [0.717, 1.165) is 17.5 Å². The molecule has 1 N–H and O–H groups in total. The number of carbonyl (C=O) groups is 1. The van der Waals surface area contributed by atoms with Gasteiger partial charge in [0.1, 0.15) is 0 Å². The van der Waals surface area contributed by atoms with Crippen LogP contribution in [0.5, 0.6) is 11.5 Å². The van der Waals surface area contributed by atoms with Crippen molar-refractivity contribution in [2.24, 2.45) is 0 Å². The van der Waals surface area contributed by atoms with E-state index in [9.17, 15) is 13.2 Å². The highest BCUT2D eigenvalue weighted by atomic mass is 35.5. The molecule has 7 nitrogen and oxygen atoms in total. The van der Waals surface area contributed by atoms with Gasteiger partial charge < -0.3 is 14.8 Å². The lowest BCUT2D eigenvalue weighted by molar-refractivity contribution is 0.102. The SMILES string of the molecule is CCN(CC)S(=O)(=O)c1cc(C)c(C)c(NC(=O)c2cc(Cl)c3c(c2)OCCCO3)c1. The minimum Gasteiger partial charge on any atom is -0.489 e. The van der Waals surface area contributed by atoms with Crippen LogP contribution in [-0.4, -0.2) is 44.9 Å². The number of amides is 1. The van der Waals surface area contributed by atoms with Gasteiger partial charge >= 0.3 is 0 Å². The minimum absolute atomic E-state index is 0.145. The Labute approximate surface area is 188 Å². The quantitative estimate of drug-likeness (QED) is 0.682. The summed E-state index contributed by atoms with van der Waals surface area (Å²) < 4.78 is 38.6. The predicted octanol–water partition coefficient (Wildman–Crippen LogP) is 4.40. The molecule has 1 heterocycles. The second kappa shape index (κ2) is 9.46. The zero-order valence-electron chi connectivity index (χ0n) is 18.1. The van der Waals surface area contributed by atoms with Crippen LogP contribution in [0.2, 0.25) is 5.02 Å². The number of anilines is 1. The number of nitrogens with one attached hydrogen (secondary N) is 1. The molecule has 2 aromatic rings. The molecule has 31 heavy (non-hydrogen) atoms. The van der Waals surface area contributed by atoms with Crippen LogP contribution in [0.25, 0.3) is 0 Å². The molecule has 0 spiro atoms. The van der Waals surface area contributed by atoms with Crippen LogP contribution in [0.15, 0.2) is 29.2 Å². The first-order valence-corrected chi connectivity index (χ1v) is 12.0. The maximum Gasteiger partial charge on any atom is 0.255 e. The third kappa shape index (κ3) is 4.81. The summed E-state index contributed by atoms with van der Waals surface area (Å²) >= 11 is 6.31. The monoisotopic (exact) mass is 466 g/mol. The molecule has 0 unspecified atom stereocenters. The lowest BCUT2D eigenvalue weighted by Gasteiger charge is -2.20. The number of ether oxygens (including phenoxy) is 2. The van der Waals surface area contributed by atoms with Gasteiger partial charge in [-0.1, -0.05) is 25.4 Å². The number of aryl methyl sites for hydroxylation is 1. The van der Waals surface area contributed by atoms with Crippen LogP contribution in [0, 0.1) is 13.8 Å². The van der Waals surface area contributed by atoms with E-state index in [2.05, 4.69) is 5.32 Å². The van der Waals surface area contributed by atoms with Gasteiger partial charge in [0.05, 0.1) is 23.1 Å². The maximum atomic E-state index is 13.0. The van der Waals surface area contributed by atoms with Crippen molar-refractivity contribution in [3.63, 3.8) is 0 Å². The number of sulfonamides is 1. The molecule has 0 saturated heterocycles. The Hall–Kier alpha value is -2.29. The van der Waals surface area contributed by atoms with Gasteiger partial charge in [-0.3, -0.25) is 4.79 Å². The van der Waals surface area contributed by atoms with Gasteiger partial charge in [0.25, 0.3) is 5.91 Å². The van der Waals surface area contributed by atoms with E-state index in [4.69, 9.17) is 21.1 Å². The summed E-state index contributed by atoms with van der Waals surface area (Å²) in [4.78, 5) is 13.1. The lowest BCUT2D eigenvalue weighted by Crippen LogP contribution is -2.30. The summed E-state index contributed by atoms with van der Waals surface area (Å²) in [5.74, 6) is 0.424. The molecule has 0 fully saturated rings. The van der Waals surface area contributed by atoms with Crippen LogP contribution < -0.4 is 14.8 Å². The molecule has 2 aromatic carbocycles. The predicted molar refractivity (Wildman–Crippen MR) is 121 cm³/mol. The number of carbonyl (C=O) groups excluding carboxylic acids is 1. The highest BCUT2D eigenvalue weighted by molar-refractivity contribution is 7.89. The van der Waals surface area contributed by atoms with Crippen molar-refractivity contribution in [1.82, 2.24) is 4.31 Å². The molecule has 1 aliphatic rings. The number of hydrogen-bond acceptors (Lipinski definition) is 5. The average Bonchev–Trinajstić information content (AvgIpc) is 2.97. The standard InChI is InChI=1S/C22H27ClN2O5S/c1-5-25(6-2)31(27,28)17-10-14(3)15(4)19(13-17)24-22(26)16-11-18(23)21-20(12-16)29-8-7-9-30-21/h10-13H,5-9H2,1-4H3,(H,24,26). The molecule has 0 aromatic heterocycles. The van der Waals surface area contributed by atoms with Crippen molar-refractivity contribution >= 4 is 33.2 Å². The number of hydrogen-bond donors (Lipinski definition) is 1. The first kappa shape index (κ1) is 23.4. The van der Waals surface area contributed by atoms with Crippen molar-refractivity contribution in [2.45, 2.75) is 39.0 Å². The number of rotatable bonds is 6. The molecule has 0 saturated carbocycles. The van der Waals surface area contributed by atoms with Gasteiger partial charge in [-0.2, -0.15) is 4.31 Å². The summed E-state index contributed by atoms with van der Waals surface area (Å²) in [7, 11) is -3.66. The molecule has 9 heteroatoms. The maximum absolute atomic E-state index is 13.0. The normalized spacial score (nSPS) is 13.7. The lowest BCUT2D eigenvalue weighted by atomic mass is 10.1. The van der Waals surface area contributed by atoms with Gasteiger partial charge in [-0.25, -0.2) is 8.42 Å². The molecule has 168 valence electrons. The zero-order valence-corrected chi connectivity index (χ0v) is 19.7. The summed E-state index contributed by atoms with van der Waals surface area (Å²) in [5.41, 5.74) is 2.27. The summed E-state index contributed by atoms with van der Waals surface area (Å²) in [6, 6.07) is 6.23. The molecule has 1 aliphatic heterocycles. The van der Waals surface area contributed by atoms with Crippen LogP contribution in [0.4, 0.5) is 5.69 Å². The smallest absolute Gasteiger partial charge is 0.255 e. The Morgan fingerprint density at radius 2 is 1.77 bits per heavy atom. The molecular weight excluding hydrogens is 440 g/mol. The van der Waals surface area contributed by atoms with E-state index in [1.807, 2.05) is 13.8 Å². The fourth-order valence-corrected chi connectivity index (χ4v) is 5.21. The Kier molecular flexibility index (Phi) is 7.13. The van der Waals surface area contributed by atoms with E-state index in [1.165, 1.54) is 16.4 Å². The van der Waals surface area contributed by atoms with E-state index in [-0.39, 0.29) is 9.92 Å². The fourth-order valence-electron chi connectivity index (χ4n) is 3.37. The van der Waals surface area contributed by atoms with Crippen LogP contribution in [0.1, 0.15) is 41.8 Å². The molecule has 1 amide bonds. The van der Waals surface area contributed by atoms with E-state index >= 15 is 0 Å². The van der Waals surface area contributed by atoms with Crippen LogP contribution in [0.3, 0.4) is 0 Å². The summed E-state index contributed by atoms with van der Waals surface area (Å²) in [6.07, 6.45) is 0.721. The second-order valence-electron chi connectivity index (χ2n) is 7.29. The summed E-state index contributed by atoms with van der Waals surface area (Å²) in [6.45, 7) is 8.92. The average molecular weight is 467 g/mol. The van der Waals surface area contributed by atoms with Crippen molar-refractivity contribution in [3.8, 4) is 11.5 Å². The molecular formula is C22H27ClN2O5S. The minimum atomic E-state index is -3.66.